The van der Waals surface area contributed by atoms with Crippen LogP contribution in [-0.2, 0) is 4.79 Å². The smallest absolute Gasteiger partial charge is 0.234 e. The fraction of sp³-hybridized carbons (Fsp3) is 0.160. The molecule has 0 saturated heterocycles. The van der Waals surface area contributed by atoms with E-state index in [9.17, 15) is 9.59 Å². The summed E-state index contributed by atoms with van der Waals surface area (Å²) in [6.07, 6.45) is 5.61. The van der Waals surface area contributed by atoms with Gasteiger partial charge in [-0.2, -0.15) is 0 Å². The predicted octanol–water partition coefficient (Wildman–Crippen LogP) is 4.64. The van der Waals surface area contributed by atoms with E-state index in [2.05, 4.69) is 25.1 Å². The van der Waals surface area contributed by atoms with Gasteiger partial charge in [0, 0.05) is 35.1 Å². The molecule has 0 unspecified atom stereocenters. The average molecular weight is 456 g/mol. The van der Waals surface area contributed by atoms with E-state index in [1.165, 1.54) is 11.8 Å². The first-order chi connectivity index (χ1) is 16.2. The van der Waals surface area contributed by atoms with Gasteiger partial charge in [0.25, 0.3) is 0 Å². The summed E-state index contributed by atoms with van der Waals surface area (Å²) in [6, 6.07) is 20.3. The Labute approximate surface area is 195 Å². The van der Waals surface area contributed by atoms with Gasteiger partial charge in [-0.15, -0.1) is 10.2 Å². The van der Waals surface area contributed by atoms with Crippen LogP contribution in [0.3, 0.4) is 0 Å². The van der Waals surface area contributed by atoms with Gasteiger partial charge in [0.2, 0.25) is 5.91 Å². The molecule has 33 heavy (non-hydrogen) atoms. The quantitative estimate of drug-likeness (QED) is 0.308. The largest absolute Gasteiger partial charge is 0.325 e. The Kier molecular flexibility index (Phi) is 5.99. The summed E-state index contributed by atoms with van der Waals surface area (Å²) in [5.41, 5.74) is 2.49. The summed E-state index contributed by atoms with van der Waals surface area (Å²) in [4.78, 5) is 29.7. The highest BCUT2D eigenvalue weighted by Crippen LogP contribution is 2.41. The molecule has 1 aliphatic carbocycles. The van der Waals surface area contributed by atoms with E-state index >= 15 is 0 Å². The number of carbonyl (C=O) groups is 2. The number of hydrogen-bond acceptors (Lipinski definition) is 6. The van der Waals surface area contributed by atoms with Crippen LogP contribution in [0.5, 0.6) is 0 Å². The van der Waals surface area contributed by atoms with Crippen molar-refractivity contribution in [1.82, 2.24) is 19.7 Å². The minimum absolute atomic E-state index is 0.130. The maximum Gasteiger partial charge on any atom is 0.234 e. The van der Waals surface area contributed by atoms with E-state index < -0.39 is 0 Å². The Morgan fingerprint density at radius 2 is 1.67 bits per heavy atom. The number of thioether (sulfide) groups is 1. The molecule has 1 fully saturated rings. The molecular formula is C25H21N5O2S. The zero-order valence-corrected chi connectivity index (χ0v) is 18.5. The SMILES string of the molecule is O=C(CSc1nnc(-c2ccncc2)n1C1CC1)Nc1ccccc1C(=O)c1ccccc1. The van der Waals surface area contributed by atoms with Crippen LogP contribution in [0.15, 0.2) is 84.3 Å². The van der Waals surface area contributed by atoms with Crippen molar-refractivity contribution in [1.29, 1.82) is 0 Å². The molecule has 1 N–H and O–H groups in total. The zero-order chi connectivity index (χ0) is 22.6. The molecule has 5 rings (SSSR count). The van der Waals surface area contributed by atoms with Gasteiger partial charge in [0.05, 0.1) is 11.4 Å². The molecule has 1 amide bonds. The summed E-state index contributed by atoms with van der Waals surface area (Å²) in [5, 5.41) is 12.3. The van der Waals surface area contributed by atoms with Crippen LogP contribution in [0, 0.1) is 0 Å². The minimum atomic E-state index is -0.205. The molecule has 2 heterocycles. The summed E-state index contributed by atoms with van der Waals surface area (Å²) in [5.74, 6) is 0.620. The Hall–Kier alpha value is -3.78. The third kappa shape index (κ3) is 4.70. The topological polar surface area (TPSA) is 89.8 Å². The molecule has 2 aromatic heterocycles. The monoisotopic (exact) mass is 455 g/mol. The van der Waals surface area contributed by atoms with Crippen molar-refractivity contribution in [3.05, 3.63) is 90.3 Å². The Bertz CT molecular complexity index is 1290. The Balaban J connectivity index is 1.30. The van der Waals surface area contributed by atoms with Crippen LogP contribution in [0.25, 0.3) is 11.4 Å². The second kappa shape index (κ2) is 9.38. The summed E-state index contributed by atoms with van der Waals surface area (Å²) in [6.45, 7) is 0. The van der Waals surface area contributed by atoms with Crippen LogP contribution in [0.4, 0.5) is 5.69 Å². The summed E-state index contributed by atoms with van der Waals surface area (Å²) < 4.78 is 2.11. The molecule has 4 aromatic rings. The van der Waals surface area contributed by atoms with Gasteiger partial charge in [-0.3, -0.25) is 19.1 Å². The van der Waals surface area contributed by atoms with Crippen LogP contribution < -0.4 is 5.32 Å². The number of anilines is 1. The summed E-state index contributed by atoms with van der Waals surface area (Å²) in [7, 11) is 0. The Morgan fingerprint density at radius 1 is 0.939 bits per heavy atom. The van der Waals surface area contributed by atoms with Crippen molar-refractivity contribution in [2.75, 3.05) is 11.1 Å². The van der Waals surface area contributed by atoms with Crippen molar-refractivity contribution in [2.45, 2.75) is 24.0 Å². The predicted molar refractivity (Wildman–Crippen MR) is 127 cm³/mol. The average Bonchev–Trinajstić information content (AvgIpc) is 3.62. The lowest BCUT2D eigenvalue weighted by Crippen LogP contribution is -2.17. The number of para-hydroxylation sites is 1. The number of amides is 1. The van der Waals surface area contributed by atoms with Crippen molar-refractivity contribution in [2.24, 2.45) is 0 Å². The third-order valence-electron chi connectivity index (χ3n) is 5.33. The molecule has 164 valence electrons. The van der Waals surface area contributed by atoms with E-state index in [1.807, 2.05) is 30.3 Å². The minimum Gasteiger partial charge on any atom is -0.325 e. The molecular weight excluding hydrogens is 434 g/mol. The molecule has 0 aliphatic heterocycles. The second-order valence-corrected chi connectivity index (χ2v) is 8.66. The number of ketones is 1. The number of benzene rings is 2. The number of pyridine rings is 1. The molecule has 1 aliphatic rings. The fourth-order valence-corrected chi connectivity index (χ4v) is 4.39. The molecule has 2 aromatic carbocycles. The maximum atomic E-state index is 12.9. The highest BCUT2D eigenvalue weighted by Gasteiger charge is 2.30. The number of nitrogens with one attached hydrogen (secondary N) is 1. The first-order valence-electron chi connectivity index (χ1n) is 10.7. The van der Waals surface area contributed by atoms with Crippen molar-refractivity contribution < 1.29 is 9.59 Å². The highest BCUT2D eigenvalue weighted by atomic mass is 32.2. The highest BCUT2D eigenvalue weighted by molar-refractivity contribution is 7.99. The normalized spacial score (nSPS) is 13.0. The van der Waals surface area contributed by atoms with Crippen LogP contribution in [0.1, 0.15) is 34.8 Å². The van der Waals surface area contributed by atoms with Crippen molar-refractivity contribution >= 4 is 29.1 Å². The number of hydrogen-bond donors (Lipinski definition) is 1. The maximum absolute atomic E-state index is 12.9. The fourth-order valence-electron chi connectivity index (χ4n) is 3.59. The number of aromatic nitrogens is 4. The van der Waals surface area contributed by atoms with Gasteiger partial charge >= 0.3 is 0 Å². The third-order valence-corrected chi connectivity index (χ3v) is 6.27. The molecule has 1 saturated carbocycles. The Morgan fingerprint density at radius 3 is 2.42 bits per heavy atom. The number of carbonyl (C=O) groups excluding carboxylic acids is 2. The van der Waals surface area contributed by atoms with E-state index in [-0.39, 0.29) is 17.4 Å². The first-order valence-corrected chi connectivity index (χ1v) is 11.7. The van der Waals surface area contributed by atoms with Gasteiger partial charge in [-0.05, 0) is 37.1 Å². The van der Waals surface area contributed by atoms with Crippen LogP contribution >= 0.6 is 11.8 Å². The lowest BCUT2D eigenvalue weighted by molar-refractivity contribution is -0.113. The van der Waals surface area contributed by atoms with Gasteiger partial charge < -0.3 is 5.32 Å². The van der Waals surface area contributed by atoms with Gasteiger partial charge in [-0.25, -0.2) is 0 Å². The molecule has 0 radical (unpaired) electrons. The number of nitrogens with zero attached hydrogens (tertiary/aromatic N) is 4. The summed E-state index contributed by atoms with van der Waals surface area (Å²) >= 11 is 1.35. The van der Waals surface area contributed by atoms with Gasteiger partial charge in [0.1, 0.15) is 0 Å². The van der Waals surface area contributed by atoms with Gasteiger partial charge in [0.15, 0.2) is 16.8 Å². The lowest BCUT2D eigenvalue weighted by Gasteiger charge is -2.11. The van der Waals surface area contributed by atoms with E-state index in [1.54, 1.807) is 48.8 Å². The first kappa shape index (κ1) is 21.1. The molecule has 0 spiro atoms. The van der Waals surface area contributed by atoms with Crippen LogP contribution in [-0.4, -0.2) is 37.2 Å². The van der Waals surface area contributed by atoms with Crippen molar-refractivity contribution in [3.8, 4) is 11.4 Å². The number of rotatable bonds is 8. The zero-order valence-electron chi connectivity index (χ0n) is 17.7. The standard InChI is InChI=1S/C25H21N5O2S/c31-22(27-21-9-5-4-8-20(21)23(32)17-6-2-1-3-7-17)16-33-25-29-28-24(30(25)19-10-11-19)18-12-14-26-15-13-18/h1-9,12-15,19H,10-11,16H2,(H,27,31). The van der Waals surface area contributed by atoms with E-state index in [0.717, 1.165) is 24.2 Å². The van der Waals surface area contributed by atoms with E-state index in [0.29, 0.717) is 28.0 Å². The van der Waals surface area contributed by atoms with E-state index in [4.69, 9.17) is 0 Å². The van der Waals surface area contributed by atoms with Crippen LogP contribution in [0.2, 0.25) is 0 Å². The molecule has 8 heteroatoms. The second-order valence-electron chi connectivity index (χ2n) is 7.72. The van der Waals surface area contributed by atoms with Crippen molar-refractivity contribution in [3.63, 3.8) is 0 Å². The molecule has 0 bridgehead atoms. The lowest BCUT2D eigenvalue weighted by atomic mass is 10.0. The van der Waals surface area contributed by atoms with Gasteiger partial charge in [-0.1, -0.05) is 54.2 Å². The molecule has 7 nitrogen and oxygen atoms in total. The molecule has 0 atom stereocenters.